The highest BCUT2D eigenvalue weighted by atomic mass is 79.9. The molecule has 0 unspecified atom stereocenters. The van der Waals surface area contributed by atoms with Gasteiger partial charge in [-0.15, -0.1) is 0 Å². The molecular formula is C11H12BrN. The maximum atomic E-state index is 3.56. The number of rotatable bonds is 1. The van der Waals surface area contributed by atoms with Gasteiger partial charge in [0.05, 0.1) is 0 Å². The van der Waals surface area contributed by atoms with Crippen molar-refractivity contribution < 1.29 is 0 Å². The minimum absolute atomic E-state index is 1.06. The van der Waals surface area contributed by atoms with E-state index in [1.165, 1.54) is 21.3 Å². The van der Waals surface area contributed by atoms with Crippen molar-refractivity contribution in [2.45, 2.75) is 6.42 Å². The molecule has 0 saturated carbocycles. The molecule has 0 saturated heterocycles. The van der Waals surface area contributed by atoms with Crippen LogP contribution >= 0.6 is 15.9 Å². The van der Waals surface area contributed by atoms with Crippen molar-refractivity contribution >= 4 is 27.7 Å². The zero-order valence-electron chi connectivity index (χ0n) is 7.84. The van der Waals surface area contributed by atoms with Gasteiger partial charge in [-0.2, -0.15) is 0 Å². The summed E-state index contributed by atoms with van der Waals surface area (Å²) in [7, 11) is 4.17. The van der Waals surface area contributed by atoms with Crippen molar-refractivity contribution in [1.82, 2.24) is 0 Å². The third kappa shape index (κ3) is 1.39. The van der Waals surface area contributed by atoms with E-state index in [-0.39, 0.29) is 0 Å². The van der Waals surface area contributed by atoms with E-state index in [2.05, 4.69) is 59.2 Å². The second-order valence-electron chi connectivity index (χ2n) is 3.46. The second-order valence-corrected chi connectivity index (χ2v) is 4.31. The van der Waals surface area contributed by atoms with Crippen LogP contribution in [0.5, 0.6) is 0 Å². The number of fused-ring (bicyclic) bond motifs is 1. The summed E-state index contributed by atoms with van der Waals surface area (Å²) in [6, 6.07) is 4.28. The minimum atomic E-state index is 1.06. The normalized spacial score (nSPS) is 13.2. The Morgan fingerprint density at radius 3 is 2.77 bits per heavy atom. The molecule has 0 bridgehead atoms. The van der Waals surface area contributed by atoms with Crippen molar-refractivity contribution in [2.75, 3.05) is 19.0 Å². The summed E-state index contributed by atoms with van der Waals surface area (Å²) in [5, 5.41) is 0. The molecule has 0 amide bonds. The monoisotopic (exact) mass is 237 g/mol. The molecule has 68 valence electrons. The number of benzene rings is 1. The molecule has 1 nitrogen and oxygen atoms in total. The molecule has 1 aromatic carbocycles. The predicted octanol–water partition coefficient (Wildman–Crippen LogP) is 3.08. The fourth-order valence-electron chi connectivity index (χ4n) is 1.73. The number of nitrogens with zero attached hydrogens (tertiary/aromatic N) is 1. The Hall–Kier alpha value is -0.760. The Balaban J connectivity index is 2.60. The van der Waals surface area contributed by atoms with Crippen LogP contribution in [-0.4, -0.2) is 14.1 Å². The molecule has 0 aliphatic heterocycles. The van der Waals surface area contributed by atoms with Crippen LogP contribution in [0.15, 0.2) is 22.7 Å². The second kappa shape index (κ2) is 3.18. The Morgan fingerprint density at radius 2 is 2.08 bits per heavy atom. The van der Waals surface area contributed by atoms with Gasteiger partial charge in [0.15, 0.2) is 0 Å². The summed E-state index contributed by atoms with van der Waals surface area (Å²) in [5.74, 6) is 0. The number of hydrogen-bond acceptors (Lipinski definition) is 1. The van der Waals surface area contributed by atoms with Crippen molar-refractivity contribution in [2.24, 2.45) is 0 Å². The molecule has 13 heavy (non-hydrogen) atoms. The Morgan fingerprint density at radius 1 is 1.31 bits per heavy atom. The summed E-state index contributed by atoms with van der Waals surface area (Å²) in [4.78, 5) is 2.16. The highest BCUT2D eigenvalue weighted by Gasteiger charge is 2.13. The van der Waals surface area contributed by atoms with Crippen molar-refractivity contribution in [3.05, 3.63) is 33.8 Å². The number of halogens is 1. The van der Waals surface area contributed by atoms with Gasteiger partial charge in [-0.3, -0.25) is 0 Å². The SMILES string of the molecule is CN(C)c1ccc(Br)c2c1CC=C2. The predicted molar refractivity (Wildman–Crippen MR) is 61.2 cm³/mol. The van der Waals surface area contributed by atoms with Crippen molar-refractivity contribution in [1.29, 1.82) is 0 Å². The third-order valence-electron chi connectivity index (χ3n) is 2.37. The summed E-state index contributed by atoms with van der Waals surface area (Å²) in [5.41, 5.74) is 4.09. The minimum Gasteiger partial charge on any atom is -0.377 e. The summed E-state index contributed by atoms with van der Waals surface area (Å²) < 4.78 is 1.20. The lowest BCUT2D eigenvalue weighted by Gasteiger charge is -2.17. The molecule has 1 aliphatic rings. The third-order valence-corrected chi connectivity index (χ3v) is 3.06. The lowest BCUT2D eigenvalue weighted by molar-refractivity contribution is 1.10. The molecule has 0 N–H and O–H groups in total. The molecule has 1 aromatic rings. The van der Waals surface area contributed by atoms with Crippen molar-refractivity contribution in [3.8, 4) is 0 Å². The highest BCUT2D eigenvalue weighted by molar-refractivity contribution is 9.10. The first-order valence-electron chi connectivity index (χ1n) is 4.35. The van der Waals surface area contributed by atoms with Crippen LogP contribution in [0.25, 0.3) is 6.08 Å². The Kier molecular flexibility index (Phi) is 2.16. The first-order chi connectivity index (χ1) is 6.20. The zero-order valence-corrected chi connectivity index (χ0v) is 9.43. The zero-order chi connectivity index (χ0) is 9.42. The van der Waals surface area contributed by atoms with Gasteiger partial charge in [-0.25, -0.2) is 0 Å². The Bertz CT molecular complexity index is 367. The van der Waals surface area contributed by atoms with Crippen LogP contribution in [0.2, 0.25) is 0 Å². The van der Waals surface area contributed by atoms with Crippen LogP contribution in [0.4, 0.5) is 5.69 Å². The molecule has 2 heteroatoms. The van der Waals surface area contributed by atoms with Gasteiger partial charge < -0.3 is 4.90 Å². The molecule has 0 aromatic heterocycles. The van der Waals surface area contributed by atoms with E-state index in [9.17, 15) is 0 Å². The van der Waals surface area contributed by atoms with E-state index in [4.69, 9.17) is 0 Å². The van der Waals surface area contributed by atoms with E-state index in [0.29, 0.717) is 0 Å². The first kappa shape index (κ1) is 8.82. The lowest BCUT2D eigenvalue weighted by Crippen LogP contribution is -2.11. The van der Waals surface area contributed by atoms with Crippen LogP contribution in [0, 0.1) is 0 Å². The molecule has 0 atom stereocenters. The first-order valence-corrected chi connectivity index (χ1v) is 5.14. The smallest absolute Gasteiger partial charge is 0.0403 e. The van der Waals surface area contributed by atoms with Crippen molar-refractivity contribution in [3.63, 3.8) is 0 Å². The molecule has 0 spiro atoms. The summed E-state index contributed by atoms with van der Waals surface area (Å²) in [6.45, 7) is 0. The van der Waals surface area contributed by atoms with E-state index >= 15 is 0 Å². The summed E-state index contributed by atoms with van der Waals surface area (Å²) >= 11 is 3.56. The average molecular weight is 238 g/mol. The van der Waals surface area contributed by atoms with Gasteiger partial charge >= 0.3 is 0 Å². The van der Waals surface area contributed by atoms with Gasteiger partial charge in [0.1, 0.15) is 0 Å². The molecule has 0 radical (unpaired) electrons. The number of allylic oxidation sites excluding steroid dienone is 1. The largest absolute Gasteiger partial charge is 0.377 e. The number of hydrogen-bond donors (Lipinski definition) is 0. The van der Waals surface area contributed by atoms with E-state index in [1.54, 1.807) is 0 Å². The topological polar surface area (TPSA) is 3.24 Å². The van der Waals surface area contributed by atoms with Gasteiger partial charge in [0, 0.05) is 24.3 Å². The van der Waals surface area contributed by atoms with Gasteiger partial charge in [-0.05, 0) is 29.7 Å². The van der Waals surface area contributed by atoms with Crippen LogP contribution in [0.1, 0.15) is 11.1 Å². The average Bonchev–Trinajstić information content (AvgIpc) is 2.53. The molecule has 2 rings (SSSR count). The van der Waals surface area contributed by atoms with E-state index < -0.39 is 0 Å². The lowest BCUT2D eigenvalue weighted by atomic mass is 10.1. The molecular weight excluding hydrogens is 226 g/mol. The maximum Gasteiger partial charge on any atom is 0.0403 e. The standard InChI is InChI=1S/C11H12BrN/c1-13(2)11-7-6-10(12)8-4-3-5-9(8)11/h3-4,6-7H,5H2,1-2H3. The van der Waals surface area contributed by atoms with Gasteiger partial charge in [0.2, 0.25) is 0 Å². The van der Waals surface area contributed by atoms with Crippen LogP contribution in [-0.2, 0) is 6.42 Å². The fourth-order valence-corrected chi connectivity index (χ4v) is 2.24. The fraction of sp³-hybridized carbons (Fsp3) is 0.273. The number of anilines is 1. The molecule has 0 fully saturated rings. The van der Waals surface area contributed by atoms with Crippen LogP contribution < -0.4 is 4.90 Å². The quantitative estimate of drug-likeness (QED) is 0.726. The highest BCUT2D eigenvalue weighted by Crippen LogP contribution is 2.34. The van der Waals surface area contributed by atoms with E-state index in [1.807, 2.05) is 0 Å². The van der Waals surface area contributed by atoms with Gasteiger partial charge in [0.25, 0.3) is 0 Å². The van der Waals surface area contributed by atoms with Gasteiger partial charge in [-0.1, -0.05) is 28.1 Å². The maximum absolute atomic E-state index is 3.56. The van der Waals surface area contributed by atoms with E-state index in [0.717, 1.165) is 6.42 Å². The van der Waals surface area contributed by atoms with Crippen LogP contribution in [0.3, 0.4) is 0 Å². The molecule has 1 aliphatic carbocycles. The summed E-state index contributed by atoms with van der Waals surface area (Å²) in [6.07, 6.45) is 5.46. The molecule has 0 heterocycles. The Labute approximate surface area is 87.2 Å².